The lowest BCUT2D eigenvalue weighted by Crippen LogP contribution is -2.15. The van der Waals surface area contributed by atoms with Crippen LogP contribution in [0.15, 0.2) is 152 Å². The highest BCUT2D eigenvalue weighted by molar-refractivity contribution is 5.88. The molecule has 1 aliphatic rings. The van der Waals surface area contributed by atoms with E-state index in [-0.39, 0.29) is 5.41 Å². The summed E-state index contributed by atoms with van der Waals surface area (Å²) in [5, 5.41) is 9.64. The topological polar surface area (TPSA) is 75.3 Å². The van der Waals surface area contributed by atoms with Gasteiger partial charge in [-0.15, -0.1) is 0 Å². The van der Waals surface area contributed by atoms with Crippen molar-refractivity contribution in [3.63, 3.8) is 0 Å². The largest absolute Gasteiger partial charge is 0.255 e. The zero-order valence-electron chi connectivity index (χ0n) is 28.2. The Hall–Kier alpha value is -6.77. The SMILES string of the molecule is CC1(C)c2cc(C#N)ccc2-c2ccc(-c3cc(-c4cnc5cccnc5c4)cc(-c4cc(-c5ccccc5)nc(-c5ccccc5)n4)c3)cc21. The van der Waals surface area contributed by atoms with E-state index >= 15 is 0 Å². The number of rotatable bonds is 5. The Morgan fingerprint density at radius 2 is 1.14 bits per heavy atom. The first-order chi connectivity index (χ1) is 24.9. The van der Waals surface area contributed by atoms with Gasteiger partial charge in [0.25, 0.3) is 0 Å². The van der Waals surface area contributed by atoms with Gasteiger partial charge in [0.15, 0.2) is 5.82 Å². The van der Waals surface area contributed by atoms with Crippen LogP contribution < -0.4 is 0 Å². The van der Waals surface area contributed by atoms with Crippen molar-refractivity contribution in [2.45, 2.75) is 19.3 Å². The minimum Gasteiger partial charge on any atom is -0.255 e. The zero-order valence-corrected chi connectivity index (χ0v) is 28.2. The molecule has 5 nitrogen and oxygen atoms in total. The van der Waals surface area contributed by atoms with Crippen molar-refractivity contribution in [2.24, 2.45) is 0 Å². The third kappa shape index (κ3) is 5.35. The number of benzene rings is 5. The van der Waals surface area contributed by atoms with Crippen LogP contribution >= 0.6 is 0 Å². The second-order valence-electron chi connectivity index (χ2n) is 13.5. The van der Waals surface area contributed by atoms with E-state index < -0.39 is 0 Å². The Morgan fingerprint density at radius 1 is 0.490 bits per heavy atom. The van der Waals surface area contributed by atoms with Crippen molar-refractivity contribution in [1.82, 2.24) is 19.9 Å². The van der Waals surface area contributed by atoms with Crippen molar-refractivity contribution < 1.29 is 0 Å². The van der Waals surface area contributed by atoms with Crippen LogP contribution in [0, 0.1) is 11.3 Å². The molecular formula is C46H31N5. The Labute approximate surface area is 296 Å². The highest BCUT2D eigenvalue weighted by Crippen LogP contribution is 2.50. The van der Waals surface area contributed by atoms with Crippen LogP contribution in [0.3, 0.4) is 0 Å². The zero-order chi connectivity index (χ0) is 34.5. The molecule has 9 rings (SSSR count). The number of aromatic nitrogens is 4. The van der Waals surface area contributed by atoms with Gasteiger partial charge in [0.05, 0.1) is 34.1 Å². The minimum absolute atomic E-state index is 0.260. The van der Waals surface area contributed by atoms with Gasteiger partial charge in [-0.05, 0) is 99.6 Å². The van der Waals surface area contributed by atoms with Gasteiger partial charge < -0.3 is 0 Å². The Balaban J connectivity index is 1.25. The molecule has 8 aromatic rings. The minimum atomic E-state index is -0.260. The molecule has 0 fully saturated rings. The van der Waals surface area contributed by atoms with Crippen LogP contribution in [0.4, 0.5) is 0 Å². The van der Waals surface area contributed by atoms with Gasteiger partial charge in [0.2, 0.25) is 0 Å². The summed E-state index contributed by atoms with van der Waals surface area (Å²) >= 11 is 0. The molecule has 0 amide bonds. The molecule has 0 aliphatic heterocycles. The van der Waals surface area contributed by atoms with Crippen LogP contribution in [-0.4, -0.2) is 19.9 Å². The number of nitrogens with zero attached hydrogens (tertiary/aromatic N) is 5. The first kappa shape index (κ1) is 30.3. The maximum absolute atomic E-state index is 9.64. The summed E-state index contributed by atoms with van der Waals surface area (Å²) in [5.74, 6) is 0.671. The maximum Gasteiger partial charge on any atom is 0.160 e. The molecule has 0 unspecified atom stereocenters. The molecule has 240 valence electrons. The molecule has 51 heavy (non-hydrogen) atoms. The molecule has 3 heterocycles. The quantitative estimate of drug-likeness (QED) is 0.185. The van der Waals surface area contributed by atoms with E-state index in [1.54, 1.807) is 6.20 Å². The molecule has 3 aromatic heterocycles. The smallest absolute Gasteiger partial charge is 0.160 e. The highest BCUT2D eigenvalue weighted by Gasteiger charge is 2.36. The summed E-state index contributed by atoms with van der Waals surface area (Å²) in [6.07, 6.45) is 3.73. The maximum atomic E-state index is 9.64. The van der Waals surface area contributed by atoms with E-state index in [0.29, 0.717) is 11.4 Å². The fraction of sp³-hybridized carbons (Fsp3) is 0.0652. The predicted octanol–water partition coefficient (Wildman–Crippen LogP) is 10.9. The molecule has 1 aliphatic carbocycles. The molecule has 5 aromatic carbocycles. The predicted molar refractivity (Wildman–Crippen MR) is 205 cm³/mol. The Bertz CT molecular complexity index is 2620. The first-order valence-corrected chi connectivity index (χ1v) is 17.0. The van der Waals surface area contributed by atoms with Crippen LogP contribution in [0.2, 0.25) is 0 Å². The number of pyridine rings is 2. The standard InChI is InChI=1S/C46H31N5/c1-46(2)39-20-29(27-47)15-17-37(39)38-18-16-32(24-40(38)46)33-21-34(36-25-44-41(49-28-36)14-9-19-48-44)23-35(22-33)43-26-42(30-10-5-3-6-11-30)50-45(51-43)31-12-7-4-8-13-31/h3-26,28H,1-2H3. The van der Waals surface area contributed by atoms with Crippen LogP contribution in [0.25, 0.3) is 78.3 Å². The van der Waals surface area contributed by atoms with E-state index in [0.717, 1.165) is 61.4 Å². The van der Waals surface area contributed by atoms with Gasteiger partial charge >= 0.3 is 0 Å². The molecule has 0 saturated carbocycles. The van der Waals surface area contributed by atoms with Crippen molar-refractivity contribution in [1.29, 1.82) is 5.26 Å². The molecule has 0 saturated heterocycles. The Morgan fingerprint density at radius 3 is 1.88 bits per heavy atom. The van der Waals surface area contributed by atoms with E-state index in [2.05, 4.69) is 91.6 Å². The highest BCUT2D eigenvalue weighted by atomic mass is 14.9. The van der Waals surface area contributed by atoms with Gasteiger partial charge in [0, 0.05) is 40.1 Å². The third-order valence-corrected chi connectivity index (χ3v) is 9.98. The van der Waals surface area contributed by atoms with Crippen molar-refractivity contribution in [2.75, 3.05) is 0 Å². The molecule has 5 heteroatoms. The van der Waals surface area contributed by atoms with Gasteiger partial charge in [-0.2, -0.15) is 5.26 Å². The third-order valence-electron chi connectivity index (χ3n) is 9.98. The summed E-state index contributed by atoms with van der Waals surface area (Å²) in [7, 11) is 0. The molecule has 0 N–H and O–H groups in total. The lowest BCUT2D eigenvalue weighted by molar-refractivity contribution is 0.660. The average Bonchev–Trinajstić information content (AvgIpc) is 3.42. The molecule has 0 spiro atoms. The van der Waals surface area contributed by atoms with Gasteiger partial charge in [-0.3, -0.25) is 9.97 Å². The van der Waals surface area contributed by atoms with E-state index in [1.165, 1.54) is 22.3 Å². The fourth-order valence-corrected chi connectivity index (χ4v) is 7.27. The van der Waals surface area contributed by atoms with Gasteiger partial charge in [-0.25, -0.2) is 9.97 Å². The van der Waals surface area contributed by atoms with Crippen molar-refractivity contribution >= 4 is 11.0 Å². The summed E-state index contributed by atoms with van der Waals surface area (Å²) in [4.78, 5) is 19.6. The molecule has 0 bridgehead atoms. The van der Waals surface area contributed by atoms with Crippen LogP contribution in [-0.2, 0) is 5.41 Å². The lowest BCUT2D eigenvalue weighted by atomic mass is 9.81. The van der Waals surface area contributed by atoms with E-state index in [9.17, 15) is 5.26 Å². The average molecular weight is 654 g/mol. The second kappa shape index (κ2) is 12.0. The molecule has 0 atom stereocenters. The lowest BCUT2D eigenvalue weighted by Gasteiger charge is -2.22. The van der Waals surface area contributed by atoms with Crippen molar-refractivity contribution in [3.05, 3.63) is 169 Å². The van der Waals surface area contributed by atoms with E-state index in [4.69, 9.17) is 15.0 Å². The normalized spacial score (nSPS) is 12.6. The summed E-state index contributed by atoms with van der Waals surface area (Å²) in [5.41, 5.74) is 15.7. The number of hydrogen-bond acceptors (Lipinski definition) is 5. The van der Waals surface area contributed by atoms with Gasteiger partial charge in [-0.1, -0.05) is 92.7 Å². The van der Waals surface area contributed by atoms with E-state index in [1.807, 2.05) is 79.0 Å². The van der Waals surface area contributed by atoms with Gasteiger partial charge in [0.1, 0.15) is 0 Å². The summed E-state index contributed by atoms with van der Waals surface area (Å²) in [6.45, 7) is 4.49. The number of fused-ring (bicyclic) bond motifs is 4. The van der Waals surface area contributed by atoms with Crippen LogP contribution in [0.1, 0.15) is 30.5 Å². The Kier molecular flexibility index (Phi) is 7.12. The summed E-state index contributed by atoms with van der Waals surface area (Å²) in [6, 6.07) is 50.2. The molecular weight excluding hydrogens is 623 g/mol. The van der Waals surface area contributed by atoms with Crippen LogP contribution in [0.5, 0.6) is 0 Å². The van der Waals surface area contributed by atoms with Crippen molar-refractivity contribution in [3.8, 4) is 73.4 Å². The fourth-order valence-electron chi connectivity index (χ4n) is 7.27. The second-order valence-corrected chi connectivity index (χ2v) is 13.5. The molecule has 0 radical (unpaired) electrons. The monoisotopic (exact) mass is 653 g/mol. The number of nitriles is 1. The number of hydrogen-bond donors (Lipinski definition) is 0. The summed E-state index contributed by atoms with van der Waals surface area (Å²) < 4.78 is 0. The first-order valence-electron chi connectivity index (χ1n) is 17.0.